The van der Waals surface area contributed by atoms with Gasteiger partial charge in [0.1, 0.15) is 11.0 Å². The summed E-state index contributed by atoms with van der Waals surface area (Å²) in [7, 11) is 0. The Kier molecular flexibility index (Phi) is 7.74. The lowest BCUT2D eigenvalue weighted by Crippen LogP contribution is -2.43. The highest BCUT2D eigenvalue weighted by molar-refractivity contribution is 7.80. The molecule has 0 bridgehead atoms. The first-order chi connectivity index (χ1) is 15.4. The van der Waals surface area contributed by atoms with E-state index in [1.165, 1.54) is 31.2 Å². The molecule has 172 valence electrons. The first-order valence-corrected chi connectivity index (χ1v) is 12.7. The minimum absolute atomic E-state index is 0.0544. The molecule has 1 saturated heterocycles. The number of piperidine rings is 1. The van der Waals surface area contributed by atoms with Crippen molar-refractivity contribution in [3.8, 4) is 0 Å². The molecule has 1 aromatic carbocycles. The number of thiocarbonyl (C=S) groups is 1. The number of hydrogen-bond acceptors (Lipinski definition) is 4. The maximum Gasteiger partial charge on any atom is 0.232 e. The number of benzene rings is 1. The smallest absolute Gasteiger partial charge is 0.232 e. The van der Waals surface area contributed by atoms with E-state index < -0.39 is 0 Å². The minimum Gasteiger partial charge on any atom is -0.361 e. The summed E-state index contributed by atoms with van der Waals surface area (Å²) in [5, 5.41) is 8.29. The highest BCUT2D eigenvalue weighted by Gasteiger charge is 2.34. The Morgan fingerprint density at radius 1 is 1.12 bits per heavy atom. The van der Waals surface area contributed by atoms with Crippen molar-refractivity contribution in [1.29, 1.82) is 0 Å². The van der Waals surface area contributed by atoms with Gasteiger partial charge < -0.3 is 15.5 Å². The van der Waals surface area contributed by atoms with Gasteiger partial charge in [-0.3, -0.25) is 0 Å². The van der Waals surface area contributed by atoms with E-state index in [-0.39, 0.29) is 5.41 Å². The molecule has 1 unspecified atom stereocenters. The summed E-state index contributed by atoms with van der Waals surface area (Å²) in [5.74, 6) is 1.94. The summed E-state index contributed by atoms with van der Waals surface area (Å²) in [4.78, 5) is 11.3. The predicted molar refractivity (Wildman–Crippen MR) is 138 cm³/mol. The van der Waals surface area contributed by atoms with Gasteiger partial charge in [-0.15, -0.1) is 0 Å². The number of halogens is 2. The van der Waals surface area contributed by atoms with Crippen molar-refractivity contribution >= 4 is 52.3 Å². The van der Waals surface area contributed by atoms with Crippen LogP contribution in [0.5, 0.6) is 0 Å². The first-order valence-electron chi connectivity index (χ1n) is 11.5. The lowest BCUT2D eigenvalue weighted by molar-refractivity contribution is 0.292. The fourth-order valence-electron chi connectivity index (χ4n) is 5.02. The fraction of sp³-hybridized carbons (Fsp3) is 0.542. The molecule has 1 aromatic heterocycles. The van der Waals surface area contributed by atoms with Crippen molar-refractivity contribution in [1.82, 2.24) is 15.3 Å². The molecule has 2 N–H and O–H groups in total. The van der Waals surface area contributed by atoms with Crippen LogP contribution in [0.25, 0.3) is 0 Å². The van der Waals surface area contributed by atoms with Crippen LogP contribution in [0.2, 0.25) is 10.2 Å². The summed E-state index contributed by atoms with van der Waals surface area (Å²) in [6, 6.07) is 10.1. The lowest BCUT2D eigenvalue weighted by atomic mass is 9.69. The predicted octanol–water partition coefficient (Wildman–Crippen LogP) is 6.21. The lowest BCUT2D eigenvalue weighted by Gasteiger charge is -2.38. The molecule has 1 saturated carbocycles. The van der Waals surface area contributed by atoms with E-state index in [0.717, 1.165) is 49.7 Å². The average Bonchev–Trinajstić information content (AvgIpc) is 2.78. The van der Waals surface area contributed by atoms with Crippen LogP contribution in [0, 0.1) is 5.92 Å². The topological polar surface area (TPSA) is 53.1 Å². The molecular formula is C24H31Cl2N5S. The van der Waals surface area contributed by atoms with Crippen LogP contribution in [0.15, 0.2) is 30.3 Å². The largest absolute Gasteiger partial charge is 0.361 e. The van der Waals surface area contributed by atoms with Crippen molar-refractivity contribution in [2.75, 3.05) is 29.9 Å². The zero-order chi connectivity index (χ0) is 22.6. The molecule has 1 aliphatic heterocycles. The van der Waals surface area contributed by atoms with E-state index in [0.29, 0.717) is 22.1 Å². The number of aromatic nitrogens is 2. The fourth-order valence-corrected chi connectivity index (χ4v) is 5.48. The third-order valence-corrected chi connectivity index (χ3v) is 7.43. The molecule has 8 heteroatoms. The van der Waals surface area contributed by atoms with Crippen LogP contribution in [0.1, 0.15) is 57.4 Å². The molecule has 1 aliphatic carbocycles. The molecule has 0 amide bonds. The van der Waals surface area contributed by atoms with Gasteiger partial charge in [-0.05, 0) is 61.5 Å². The van der Waals surface area contributed by atoms with Crippen molar-refractivity contribution < 1.29 is 0 Å². The van der Waals surface area contributed by atoms with E-state index >= 15 is 0 Å². The number of rotatable bonds is 5. The molecular weight excluding hydrogens is 461 g/mol. The molecule has 1 atom stereocenters. The van der Waals surface area contributed by atoms with Crippen LogP contribution in [0.3, 0.4) is 0 Å². The van der Waals surface area contributed by atoms with E-state index in [9.17, 15) is 0 Å². The Labute approximate surface area is 206 Å². The van der Waals surface area contributed by atoms with Gasteiger partial charge in [0.2, 0.25) is 5.95 Å². The second-order valence-corrected chi connectivity index (χ2v) is 10.5. The second-order valence-electron chi connectivity index (χ2n) is 9.22. The highest BCUT2D eigenvalue weighted by Crippen LogP contribution is 2.39. The van der Waals surface area contributed by atoms with E-state index in [2.05, 4.69) is 44.6 Å². The third kappa shape index (κ3) is 5.83. The summed E-state index contributed by atoms with van der Waals surface area (Å²) >= 11 is 18.0. The molecule has 5 nitrogen and oxygen atoms in total. The molecule has 2 fully saturated rings. The van der Waals surface area contributed by atoms with Gasteiger partial charge in [-0.1, -0.05) is 61.5 Å². The Morgan fingerprint density at radius 2 is 1.88 bits per heavy atom. The zero-order valence-corrected chi connectivity index (χ0v) is 20.9. The first kappa shape index (κ1) is 23.5. The molecule has 2 aromatic rings. The summed E-state index contributed by atoms with van der Waals surface area (Å²) < 4.78 is 0. The molecule has 2 heterocycles. The van der Waals surface area contributed by atoms with Crippen LogP contribution in [0.4, 0.5) is 11.8 Å². The molecule has 32 heavy (non-hydrogen) atoms. The van der Waals surface area contributed by atoms with Gasteiger partial charge in [-0.25, -0.2) is 4.98 Å². The summed E-state index contributed by atoms with van der Waals surface area (Å²) in [6.07, 6.45) is 8.41. The summed E-state index contributed by atoms with van der Waals surface area (Å²) in [6.45, 7) is 5.01. The average molecular weight is 493 g/mol. The normalized spacial score (nSPS) is 20.6. The monoisotopic (exact) mass is 491 g/mol. The minimum atomic E-state index is 0.0544. The van der Waals surface area contributed by atoms with Gasteiger partial charge >= 0.3 is 0 Å². The molecule has 4 rings (SSSR count). The quantitative estimate of drug-likeness (QED) is 0.383. The van der Waals surface area contributed by atoms with E-state index in [4.69, 9.17) is 35.4 Å². The van der Waals surface area contributed by atoms with Gasteiger partial charge in [0, 0.05) is 36.1 Å². The molecule has 0 spiro atoms. The maximum atomic E-state index is 6.31. The van der Waals surface area contributed by atoms with Crippen LogP contribution >= 0.6 is 35.4 Å². The van der Waals surface area contributed by atoms with E-state index in [1.54, 1.807) is 0 Å². The van der Waals surface area contributed by atoms with Gasteiger partial charge in [0.05, 0.1) is 0 Å². The van der Waals surface area contributed by atoms with Gasteiger partial charge in [0.15, 0.2) is 5.11 Å². The van der Waals surface area contributed by atoms with Crippen molar-refractivity contribution in [3.05, 3.63) is 46.1 Å². The number of nitrogens with one attached hydrogen (secondary N) is 2. The van der Waals surface area contributed by atoms with Crippen molar-refractivity contribution in [2.45, 2.75) is 57.3 Å². The molecule has 0 radical (unpaired) electrons. The van der Waals surface area contributed by atoms with Gasteiger partial charge in [-0.2, -0.15) is 4.98 Å². The Hall–Kier alpha value is -1.63. The maximum absolute atomic E-state index is 6.31. The Balaban J connectivity index is 1.43. The van der Waals surface area contributed by atoms with Crippen LogP contribution < -0.4 is 15.5 Å². The second kappa shape index (κ2) is 10.5. The number of nitrogens with zero attached hydrogens (tertiary/aromatic N) is 3. The van der Waals surface area contributed by atoms with Crippen LogP contribution in [-0.2, 0) is 5.41 Å². The SMILES string of the molecule is CC1CCCN(c2cc(Cl)nc(NC(=S)NCC3(c4ccc(Cl)cc4)CCCCC3)n2)C1. The number of hydrogen-bond donors (Lipinski definition) is 2. The van der Waals surface area contributed by atoms with Crippen molar-refractivity contribution in [3.63, 3.8) is 0 Å². The Bertz CT molecular complexity index is 930. The van der Waals surface area contributed by atoms with Crippen LogP contribution in [-0.4, -0.2) is 34.7 Å². The molecule has 2 aliphatic rings. The van der Waals surface area contributed by atoms with Gasteiger partial charge in [0.25, 0.3) is 0 Å². The Morgan fingerprint density at radius 3 is 2.59 bits per heavy atom. The third-order valence-electron chi connectivity index (χ3n) is 6.74. The standard InChI is InChI=1S/C24H31Cl2N5S/c1-17-6-5-13-31(15-17)21-14-20(26)28-22(29-21)30-23(32)27-16-24(11-3-2-4-12-24)18-7-9-19(25)10-8-18/h7-10,14,17H,2-6,11-13,15-16H2,1H3,(H2,27,28,29,30,32). The summed E-state index contributed by atoms with van der Waals surface area (Å²) in [5.41, 5.74) is 1.37. The van der Waals surface area contributed by atoms with E-state index in [1.807, 2.05) is 18.2 Å². The highest BCUT2D eigenvalue weighted by atomic mass is 35.5. The number of anilines is 2. The zero-order valence-electron chi connectivity index (χ0n) is 18.5. The van der Waals surface area contributed by atoms with Crippen molar-refractivity contribution in [2.24, 2.45) is 5.92 Å².